The molecule has 1 atom stereocenters. The molecule has 0 bridgehead atoms. The smallest absolute Gasteiger partial charge is 0.220 e. The number of hydrogen-bond donors (Lipinski definition) is 1. The van der Waals surface area contributed by atoms with Crippen molar-refractivity contribution in [3.63, 3.8) is 0 Å². The van der Waals surface area contributed by atoms with E-state index in [1.165, 1.54) is 5.56 Å². The van der Waals surface area contributed by atoms with Crippen LogP contribution in [0, 0.1) is 18.6 Å². The van der Waals surface area contributed by atoms with Gasteiger partial charge in [0.25, 0.3) is 0 Å². The molecule has 2 aromatic carbocycles. The maximum absolute atomic E-state index is 13.7. The predicted molar refractivity (Wildman–Crippen MR) is 104 cm³/mol. The van der Waals surface area contributed by atoms with Gasteiger partial charge in [0.05, 0.1) is 19.3 Å². The van der Waals surface area contributed by atoms with Crippen molar-refractivity contribution >= 4 is 5.91 Å². The van der Waals surface area contributed by atoms with Gasteiger partial charge in [-0.1, -0.05) is 29.8 Å². The molecule has 1 N–H and O–H groups in total. The number of benzene rings is 2. The first kappa shape index (κ1) is 20.4. The first-order chi connectivity index (χ1) is 13.5. The highest BCUT2D eigenvalue weighted by molar-refractivity contribution is 5.76. The van der Waals surface area contributed by atoms with E-state index in [4.69, 9.17) is 4.74 Å². The molecule has 1 aliphatic rings. The molecule has 1 fully saturated rings. The summed E-state index contributed by atoms with van der Waals surface area (Å²) in [4.78, 5) is 14.6. The van der Waals surface area contributed by atoms with Crippen LogP contribution in [0.3, 0.4) is 0 Å². The summed E-state index contributed by atoms with van der Waals surface area (Å²) in [5.74, 6) is -1.15. The van der Waals surface area contributed by atoms with Gasteiger partial charge in [-0.3, -0.25) is 9.69 Å². The predicted octanol–water partition coefficient (Wildman–Crippen LogP) is 3.40. The SMILES string of the molecule is Cc1cccc(C(CNC(=O)CCc2cc(F)ccc2F)N2CCOCC2)c1. The minimum atomic E-state index is -0.497. The summed E-state index contributed by atoms with van der Waals surface area (Å²) in [7, 11) is 0. The minimum absolute atomic E-state index is 0.0543. The Morgan fingerprint density at radius 1 is 1.18 bits per heavy atom. The van der Waals surface area contributed by atoms with Crippen molar-refractivity contribution in [3.8, 4) is 0 Å². The third-order valence-corrected chi connectivity index (χ3v) is 5.04. The number of ether oxygens (including phenoxy) is 1. The van der Waals surface area contributed by atoms with Crippen LogP contribution in [-0.2, 0) is 16.0 Å². The van der Waals surface area contributed by atoms with Gasteiger partial charge >= 0.3 is 0 Å². The Hall–Kier alpha value is -2.31. The fraction of sp³-hybridized carbons (Fsp3) is 0.409. The number of carbonyl (C=O) groups excluding carboxylic acids is 1. The zero-order valence-electron chi connectivity index (χ0n) is 16.1. The largest absolute Gasteiger partial charge is 0.379 e. The monoisotopic (exact) mass is 388 g/mol. The van der Waals surface area contributed by atoms with Gasteiger partial charge in [-0.05, 0) is 42.7 Å². The summed E-state index contributed by atoms with van der Waals surface area (Å²) < 4.78 is 32.4. The zero-order valence-corrected chi connectivity index (χ0v) is 16.1. The Bertz CT molecular complexity index is 807. The summed E-state index contributed by atoms with van der Waals surface area (Å²) >= 11 is 0. The summed E-state index contributed by atoms with van der Waals surface area (Å²) in [6.07, 6.45) is 0.284. The van der Waals surface area contributed by atoms with Crippen LogP contribution < -0.4 is 5.32 Å². The Morgan fingerprint density at radius 2 is 1.96 bits per heavy atom. The second-order valence-electron chi connectivity index (χ2n) is 7.12. The van der Waals surface area contributed by atoms with Gasteiger partial charge in [0.1, 0.15) is 11.6 Å². The maximum Gasteiger partial charge on any atom is 0.220 e. The lowest BCUT2D eigenvalue weighted by atomic mass is 10.0. The Kier molecular flexibility index (Phi) is 7.12. The molecular weight excluding hydrogens is 362 g/mol. The van der Waals surface area contributed by atoms with E-state index in [0.717, 1.165) is 36.9 Å². The second kappa shape index (κ2) is 9.75. The average Bonchev–Trinajstić information content (AvgIpc) is 2.70. The average molecular weight is 388 g/mol. The van der Waals surface area contributed by atoms with E-state index in [2.05, 4.69) is 22.3 Å². The lowest BCUT2D eigenvalue weighted by Crippen LogP contribution is -2.43. The van der Waals surface area contributed by atoms with Crippen molar-refractivity contribution < 1.29 is 18.3 Å². The molecule has 1 aliphatic heterocycles. The first-order valence-corrected chi connectivity index (χ1v) is 9.62. The summed E-state index contributed by atoms with van der Waals surface area (Å²) in [6.45, 7) is 5.48. The standard InChI is InChI=1S/C22H26F2N2O2/c1-16-3-2-4-18(13-16)21(26-9-11-28-12-10-26)15-25-22(27)8-5-17-14-19(23)6-7-20(17)24/h2-4,6-7,13-14,21H,5,8-12,15H2,1H3,(H,25,27). The lowest BCUT2D eigenvalue weighted by molar-refractivity contribution is -0.121. The van der Waals surface area contributed by atoms with Crippen LogP contribution >= 0.6 is 0 Å². The number of nitrogens with zero attached hydrogens (tertiary/aromatic N) is 1. The Labute approximate surface area is 164 Å². The minimum Gasteiger partial charge on any atom is -0.379 e. The fourth-order valence-corrected chi connectivity index (χ4v) is 3.51. The molecular formula is C22H26F2N2O2. The molecule has 0 spiro atoms. The number of morpholine rings is 1. The summed E-state index contributed by atoms with van der Waals surface area (Å²) in [6, 6.07) is 11.6. The molecule has 150 valence electrons. The van der Waals surface area contributed by atoms with Crippen LogP contribution in [0.5, 0.6) is 0 Å². The van der Waals surface area contributed by atoms with E-state index in [0.29, 0.717) is 19.8 Å². The number of nitrogens with one attached hydrogen (secondary N) is 1. The van der Waals surface area contributed by atoms with E-state index in [-0.39, 0.29) is 30.4 Å². The van der Waals surface area contributed by atoms with Crippen molar-refractivity contribution in [1.29, 1.82) is 0 Å². The van der Waals surface area contributed by atoms with E-state index in [9.17, 15) is 13.6 Å². The first-order valence-electron chi connectivity index (χ1n) is 9.62. The maximum atomic E-state index is 13.7. The number of carbonyl (C=O) groups is 1. The number of amides is 1. The third-order valence-electron chi connectivity index (χ3n) is 5.04. The van der Waals surface area contributed by atoms with Crippen molar-refractivity contribution in [1.82, 2.24) is 10.2 Å². The van der Waals surface area contributed by atoms with Gasteiger partial charge in [-0.2, -0.15) is 0 Å². The topological polar surface area (TPSA) is 41.6 Å². The molecule has 6 heteroatoms. The second-order valence-corrected chi connectivity index (χ2v) is 7.12. The summed E-state index contributed by atoms with van der Waals surface area (Å²) in [5, 5.41) is 2.96. The highest BCUT2D eigenvalue weighted by Crippen LogP contribution is 2.22. The van der Waals surface area contributed by atoms with Crippen LogP contribution in [0.1, 0.15) is 29.2 Å². The molecule has 28 heavy (non-hydrogen) atoms. The third kappa shape index (κ3) is 5.59. The van der Waals surface area contributed by atoms with Gasteiger partial charge < -0.3 is 10.1 Å². The van der Waals surface area contributed by atoms with Crippen LogP contribution in [0.15, 0.2) is 42.5 Å². The van der Waals surface area contributed by atoms with Crippen molar-refractivity contribution in [2.75, 3.05) is 32.8 Å². The normalized spacial score (nSPS) is 16.0. The van der Waals surface area contributed by atoms with Crippen molar-refractivity contribution in [3.05, 3.63) is 70.8 Å². The van der Waals surface area contributed by atoms with Gasteiger partial charge in [-0.15, -0.1) is 0 Å². The Balaban J connectivity index is 1.60. The molecule has 0 radical (unpaired) electrons. The molecule has 0 aromatic heterocycles. The number of hydrogen-bond acceptors (Lipinski definition) is 3. The van der Waals surface area contributed by atoms with Crippen LogP contribution in [0.25, 0.3) is 0 Å². The highest BCUT2D eigenvalue weighted by atomic mass is 19.1. The molecule has 1 saturated heterocycles. The fourth-order valence-electron chi connectivity index (χ4n) is 3.51. The van der Waals surface area contributed by atoms with Crippen molar-refractivity contribution in [2.24, 2.45) is 0 Å². The number of rotatable bonds is 7. The molecule has 4 nitrogen and oxygen atoms in total. The molecule has 1 heterocycles. The van der Waals surface area contributed by atoms with E-state index in [1.54, 1.807) is 0 Å². The quantitative estimate of drug-likeness (QED) is 0.791. The van der Waals surface area contributed by atoms with Gasteiger partial charge in [0, 0.05) is 26.1 Å². The summed E-state index contributed by atoms with van der Waals surface area (Å²) in [5.41, 5.74) is 2.54. The van der Waals surface area contributed by atoms with E-state index in [1.807, 2.05) is 19.1 Å². The van der Waals surface area contributed by atoms with Crippen molar-refractivity contribution in [2.45, 2.75) is 25.8 Å². The lowest BCUT2D eigenvalue weighted by Gasteiger charge is -2.35. The number of halogens is 2. The molecule has 2 aromatic rings. The zero-order chi connectivity index (χ0) is 19.9. The van der Waals surface area contributed by atoms with E-state index >= 15 is 0 Å². The van der Waals surface area contributed by atoms with Gasteiger partial charge in [0.15, 0.2) is 0 Å². The van der Waals surface area contributed by atoms with Crippen LogP contribution in [-0.4, -0.2) is 43.7 Å². The molecule has 1 amide bonds. The van der Waals surface area contributed by atoms with Gasteiger partial charge in [0.2, 0.25) is 5.91 Å². The van der Waals surface area contributed by atoms with Crippen LogP contribution in [0.2, 0.25) is 0 Å². The van der Waals surface area contributed by atoms with Gasteiger partial charge in [-0.25, -0.2) is 8.78 Å². The molecule has 0 saturated carbocycles. The Morgan fingerprint density at radius 3 is 2.71 bits per heavy atom. The number of aryl methyl sites for hydroxylation is 2. The highest BCUT2D eigenvalue weighted by Gasteiger charge is 2.23. The molecule has 1 unspecified atom stereocenters. The molecule has 0 aliphatic carbocycles. The van der Waals surface area contributed by atoms with Crippen LogP contribution in [0.4, 0.5) is 8.78 Å². The van der Waals surface area contributed by atoms with E-state index < -0.39 is 11.6 Å². The molecule has 3 rings (SSSR count).